The Bertz CT molecular complexity index is 303. The summed E-state index contributed by atoms with van der Waals surface area (Å²) in [6, 6.07) is 7.15. The van der Waals surface area contributed by atoms with E-state index in [1.807, 2.05) is 12.1 Å². The molecular formula is C13H18FN. The Morgan fingerprint density at radius 1 is 1.20 bits per heavy atom. The highest BCUT2D eigenvalue weighted by Gasteiger charge is 2.13. The van der Waals surface area contributed by atoms with Gasteiger partial charge >= 0.3 is 0 Å². The molecule has 1 N–H and O–H groups in total. The van der Waals surface area contributed by atoms with Gasteiger partial charge in [-0.1, -0.05) is 18.2 Å². The Morgan fingerprint density at radius 2 is 2.07 bits per heavy atom. The summed E-state index contributed by atoms with van der Waals surface area (Å²) in [5.41, 5.74) is 0.879. The van der Waals surface area contributed by atoms with Crippen molar-refractivity contribution in [2.24, 2.45) is 5.92 Å². The van der Waals surface area contributed by atoms with Crippen LogP contribution in [0.15, 0.2) is 24.3 Å². The molecule has 15 heavy (non-hydrogen) atoms. The van der Waals surface area contributed by atoms with E-state index in [-0.39, 0.29) is 5.82 Å². The molecule has 0 bridgehead atoms. The van der Waals surface area contributed by atoms with Gasteiger partial charge in [0.05, 0.1) is 0 Å². The number of nitrogens with one attached hydrogen (secondary N) is 1. The van der Waals surface area contributed by atoms with E-state index in [1.165, 1.54) is 19.3 Å². The van der Waals surface area contributed by atoms with Crippen LogP contribution >= 0.6 is 0 Å². The summed E-state index contributed by atoms with van der Waals surface area (Å²) >= 11 is 0. The van der Waals surface area contributed by atoms with E-state index < -0.39 is 0 Å². The summed E-state index contributed by atoms with van der Waals surface area (Å²) in [6.45, 7) is 2.20. The molecule has 1 atom stereocenters. The van der Waals surface area contributed by atoms with Crippen LogP contribution in [0.3, 0.4) is 0 Å². The first-order valence-electron chi connectivity index (χ1n) is 5.80. The highest BCUT2D eigenvalue weighted by atomic mass is 19.1. The highest BCUT2D eigenvalue weighted by molar-refractivity contribution is 5.17. The molecular weight excluding hydrogens is 189 g/mol. The third kappa shape index (κ3) is 3.03. The van der Waals surface area contributed by atoms with Crippen LogP contribution in [-0.4, -0.2) is 13.1 Å². The van der Waals surface area contributed by atoms with Gasteiger partial charge < -0.3 is 5.32 Å². The summed E-state index contributed by atoms with van der Waals surface area (Å²) < 4.78 is 13.4. The summed E-state index contributed by atoms with van der Waals surface area (Å²) in [5, 5.41) is 3.38. The molecule has 82 valence electrons. The number of rotatable bonds is 2. The van der Waals surface area contributed by atoms with Crippen LogP contribution in [-0.2, 0) is 6.42 Å². The van der Waals surface area contributed by atoms with Gasteiger partial charge in [-0.05, 0) is 56.3 Å². The van der Waals surface area contributed by atoms with Gasteiger partial charge in [0.15, 0.2) is 0 Å². The van der Waals surface area contributed by atoms with E-state index in [0.717, 1.165) is 25.1 Å². The van der Waals surface area contributed by atoms with E-state index in [9.17, 15) is 4.39 Å². The van der Waals surface area contributed by atoms with E-state index in [4.69, 9.17) is 0 Å². The van der Waals surface area contributed by atoms with Crippen LogP contribution in [0.5, 0.6) is 0 Å². The van der Waals surface area contributed by atoms with E-state index >= 15 is 0 Å². The van der Waals surface area contributed by atoms with E-state index in [2.05, 4.69) is 5.32 Å². The van der Waals surface area contributed by atoms with Gasteiger partial charge in [-0.25, -0.2) is 4.39 Å². The predicted octanol–water partition coefficient (Wildman–Crippen LogP) is 2.76. The molecule has 0 amide bonds. The molecule has 0 aliphatic carbocycles. The van der Waals surface area contributed by atoms with Gasteiger partial charge in [0.25, 0.3) is 0 Å². The van der Waals surface area contributed by atoms with E-state index in [1.54, 1.807) is 12.1 Å². The summed E-state index contributed by atoms with van der Waals surface area (Å²) in [6.07, 6.45) is 4.52. The van der Waals surface area contributed by atoms with Gasteiger partial charge in [0.2, 0.25) is 0 Å². The number of benzene rings is 1. The Balaban J connectivity index is 1.98. The van der Waals surface area contributed by atoms with E-state index in [0.29, 0.717) is 5.92 Å². The first-order valence-corrected chi connectivity index (χ1v) is 5.80. The van der Waals surface area contributed by atoms with Crippen LogP contribution in [0, 0.1) is 11.7 Å². The first kappa shape index (κ1) is 10.6. The monoisotopic (exact) mass is 207 g/mol. The Hall–Kier alpha value is -0.890. The largest absolute Gasteiger partial charge is 0.317 e. The second kappa shape index (κ2) is 5.26. The Morgan fingerprint density at radius 3 is 2.93 bits per heavy atom. The van der Waals surface area contributed by atoms with Crippen LogP contribution in [0.2, 0.25) is 0 Å². The minimum atomic E-state index is -0.0466. The molecule has 1 aliphatic rings. The zero-order chi connectivity index (χ0) is 10.5. The number of halogens is 1. The summed E-state index contributed by atoms with van der Waals surface area (Å²) in [4.78, 5) is 0. The smallest absolute Gasteiger partial charge is 0.126 e. The Labute approximate surface area is 90.7 Å². The van der Waals surface area contributed by atoms with Gasteiger partial charge in [-0.15, -0.1) is 0 Å². The zero-order valence-corrected chi connectivity index (χ0v) is 9.01. The molecule has 0 aromatic heterocycles. The molecule has 0 spiro atoms. The molecule has 1 fully saturated rings. The Kier molecular flexibility index (Phi) is 3.73. The van der Waals surface area contributed by atoms with Crippen molar-refractivity contribution in [3.05, 3.63) is 35.6 Å². The van der Waals surface area contributed by atoms with Crippen LogP contribution in [0.4, 0.5) is 4.39 Å². The lowest BCUT2D eigenvalue weighted by Crippen LogP contribution is -2.14. The average molecular weight is 207 g/mol. The highest BCUT2D eigenvalue weighted by Crippen LogP contribution is 2.20. The van der Waals surface area contributed by atoms with Crippen molar-refractivity contribution in [2.45, 2.75) is 25.7 Å². The number of hydrogen-bond donors (Lipinski definition) is 1. The first-order chi connectivity index (χ1) is 7.36. The maximum atomic E-state index is 13.4. The lowest BCUT2D eigenvalue weighted by molar-refractivity contribution is 0.458. The summed E-state index contributed by atoms with van der Waals surface area (Å²) in [7, 11) is 0. The standard InChI is InChI=1S/C13H18FN/c14-13-6-2-1-5-12(13)10-11-4-3-8-15-9-7-11/h1-2,5-6,11,15H,3-4,7-10H2. The van der Waals surface area contributed by atoms with Crippen molar-refractivity contribution in [3.8, 4) is 0 Å². The van der Waals surface area contributed by atoms with Crippen LogP contribution < -0.4 is 5.32 Å². The van der Waals surface area contributed by atoms with Crippen molar-refractivity contribution in [3.63, 3.8) is 0 Å². The fraction of sp³-hybridized carbons (Fsp3) is 0.538. The molecule has 0 saturated carbocycles. The van der Waals surface area contributed by atoms with Crippen molar-refractivity contribution >= 4 is 0 Å². The van der Waals surface area contributed by atoms with Crippen LogP contribution in [0.25, 0.3) is 0 Å². The van der Waals surface area contributed by atoms with Crippen molar-refractivity contribution < 1.29 is 4.39 Å². The van der Waals surface area contributed by atoms with Gasteiger partial charge in [-0.3, -0.25) is 0 Å². The molecule has 1 unspecified atom stereocenters. The minimum absolute atomic E-state index is 0.0466. The zero-order valence-electron chi connectivity index (χ0n) is 9.01. The molecule has 0 radical (unpaired) electrons. The molecule has 1 saturated heterocycles. The summed E-state index contributed by atoms with van der Waals surface area (Å²) in [5.74, 6) is 0.603. The quantitative estimate of drug-likeness (QED) is 0.786. The molecule has 1 nitrogen and oxygen atoms in total. The normalized spacial score (nSPS) is 22.3. The lowest BCUT2D eigenvalue weighted by Gasteiger charge is -2.13. The minimum Gasteiger partial charge on any atom is -0.317 e. The topological polar surface area (TPSA) is 12.0 Å². The third-order valence-corrected chi connectivity index (χ3v) is 3.16. The maximum Gasteiger partial charge on any atom is 0.126 e. The average Bonchev–Trinajstić information content (AvgIpc) is 2.50. The molecule has 1 aromatic carbocycles. The fourth-order valence-electron chi connectivity index (χ4n) is 2.27. The second-order valence-electron chi connectivity index (χ2n) is 4.34. The second-order valence-corrected chi connectivity index (χ2v) is 4.34. The third-order valence-electron chi connectivity index (χ3n) is 3.16. The van der Waals surface area contributed by atoms with Crippen molar-refractivity contribution in [1.29, 1.82) is 0 Å². The van der Waals surface area contributed by atoms with Gasteiger partial charge in [-0.2, -0.15) is 0 Å². The van der Waals surface area contributed by atoms with Crippen LogP contribution in [0.1, 0.15) is 24.8 Å². The van der Waals surface area contributed by atoms with Gasteiger partial charge in [0, 0.05) is 0 Å². The molecule has 1 heterocycles. The van der Waals surface area contributed by atoms with Crippen molar-refractivity contribution in [1.82, 2.24) is 5.32 Å². The number of hydrogen-bond acceptors (Lipinski definition) is 1. The SMILES string of the molecule is Fc1ccccc1CC1CCCNCC1. The van der Waals surface area contributed by atoms with Crippen molar-refractivity contribution in [2.75, 3.05) is 13.1 Å². The maximum absolute atomic E-state index is 13.4. The molecule has 2 rings (SSSR count). The molecule has 1 aliphatic heterocycles. The van der Waals surface area contributed by atoms with Gasteiger partial charge in [0.1, 0.15) is 5.82 Å². The lowest BCUT2D eigenvalue weighted by atomic mass is 9.92. The molecule has 2 heteroatoms. The molecule has 1 aromatic rings. The fourth-order valence-corrected chi connectivity index (χ4v) is 2.27. The predicted molar refractivity (Wildman–Crippen MR) is 60.3 cm³/mol.